The second kappa shape index (κ2) is 7.62. The molecular formula is C18H34N2O4. The van der Waals surface area contributed by atoms with E-state index in [-0.39, 0.29) is 11.9 Å². The average Bonchev–Trinajstić information content (AvgIpc) is 2.43. The summed E-state index contributed by atoms with van der Waals surface area (Å²) in [7, 11) is 0. The topological polar surface area (TPSA) is 77.3 Å². The Morgan fingerprint density at radius 3 is 1.08 bits per heavy atom. The molecule has 0 spiro atoms. The maximum absolute atomic E-state index is 12.1. The first-order valence-corrected chi connectivity index (χ1v) is 8.49. The van der Waals surface area contributed by atoms with Crippen LogP contribution in [-0.2, 0) is 19.1 Å². The lowest BCUT2D eigenvalue weighted by molar-refractivity contribution is -0.173. The van der Waals surface area contributed by atoms with Crippen LogP contribution in [0.4, 0.5) is 0 Å². The molecule has 0 rings (SSSR count). The first-order valence-electron chi connectivity index (χ1n) is 8.49. The molecule has 0 saturated heterocycles. The van der Waals surface area contributed by atoms with E-state index in [1.807, 2.05) is 13.8 Å². The Morgan fingerprint density at radius 2 is 0.917 bits per heavy atom. The molecule has 0 saturated carbocycles. The highest BCUT2D eigenvalue weighted by atomic mass is 16.6. The van der Waals surface area contributed by atoms with E-state index < -0.39 is 22.3 Å². The van der Waals surface area contributed by atoms with Gasteiger partial charge < -0.3 is 9.47 Å². The second-order valence-electron chi connectivity index (χ2n) is 8.54. The first kappa shape index (κ1) is 22.5. The van der Waals surface area contributed by atoms with Gasteiger partial charge in [0.2, 0.25) is 11.4 Å². The first-order chi connectivity index (χ1) is 10.6. The maximum Gasteiger partial charge on any atom is 0.313 e. The van der Waals surface area contributed by atoms with Crippen LogP contribution in [0.1, 0.15) is 82.1 Å². The van der Waals surface area contributed by atoms with Crippen molar-refractivity contribution in [2.75, 3.05) is 0 Å². The van der Waals surface area contributed by atoms with Crippen molar-refractivity contribution in [3.63, 3.8) is 0 Å². The Morgan fingerprint density at radius 1 is 0.667 bits per heavy atom. The zero-order chi connectivity index (χ0) is 19.4. The van der Waals surface area contributed by atoms with Gasteiger partial charge in [-0.3, -0.25) is 9.59 Å². The minimum atomic E-state index is -1.09. The molecule has 0 heterocycles. The molecular weight excluding hydrogens is 308 g/mol. The van der Waals surface area contributed by atoms with Crippen molar-refractivity contribution in [2.45, 2.75) is 93.5 Å². The number of ether oxygens (including phenoxy) is 2. The molecule has 0 bridgehead atoms. The van der Waals surface area contributed by atoms with E-state index in [0.29, 0.717) is 12.8 Å². The van der Waals surface area contributed by atoms with Crippen molar-refractivity contribution in [3.05, 3.63) is 0 Å². The second-order valence-corrected chi connectivity index (χ2v) is 8.54. The summed E-state index contributed by atoms with van der Waals surface area (Å²) < 4.78 is 11.0. The molecule has 0 aromatic heterocycles. The minimum absolute atomic E-state index is 0.351. The summed E-state index contributed by atoms with van der Waals surface area (Å²) >= 11 is 0. The summed E-state index contributed by atoms with van der Waals surface area (Å²) in [6.07, 6.45) is 0.927. The third-order valence-electron chi connectivity index (χ3n) is 3.63. The van der Waals surface area contributed by atoms with Gasteiger partial charge in [0, 0.05) is 12.8 Å². The molecule has 0 aliphatic heterocycles. The highest BCUT2D eigenvalue weighted by molar-refractivity contribution is 5.76. The number of nitrogens with zero attached hydrogens (tertiary/aromatic N) is 2. The van der Waals surface area contributed by atoms with Gasteiger partial charge in [0.15, 0.2) is 0 Å². The van der Waals surface area contributed by atoms with Crippen molar-refractivity contribution in [1.82, 2.24) is 0 Å². The quantitative estimate of drug-likeness (QED) is 0.509. The summed E-state index contributed by atoms with van der Waals surface area (Å²) in [6, 6.07) is 0. The van der Waals surface area contributed by atoms with Gasteiger partial charge in [0.1, 0.15) is 0 Å². The number of azo groups is 1. The van der Waals surface area contributed by atoms with Gasteiger partial charge in [-0.1, -0.05) is 13.8 Å². The fraction of sp³-hybridized carbons (Fsp3) is 0.889. The molecule has 0 aliphatic carbocycles. The highest BCUT2D eigenvalue weighted by Gasteiger charge is 2.36. The molecule has 0 aromatic carbocycles. The van der Waals surface area contributed by atoms with Crippen molar-refractivity contribution < 1.29 is 19.1 Å². The van der Waals surface area contributed by atoms with E-state index in [4.69, 9.17) is 9.47 Å². The third kappa shape index (κ3) is 6.97. The number of hydrogen-bond donors (Lipinski definition) is 0. The molecule has 6 nitrogen and oxygen atoms in total. The van der Waals surface area contributed by atoms with Crippen LogP contribution in [0.5, 0.6) is 0 Å². The fourth-order valence-electron chi connectivity index (χ4n) is 1.24. The van der Waals surface area contributed by atoms with Crippen molar-refractivity contribution in [3.8, 4) is 0 Å². The number of carbonyl (C=O) groups excluding carboxylic acids is 2. The number of carbonyl (C=O) groups is 2. The molecule has 140 valence electrons. The van der Waals surface area contributed by atoms with Crippen LogP contribution in [0.25, 0.3) is 0 Å². The van der Waals surface area contributed by atoms with Gasteiger partial charge in [0.25, 0.3) is 0 Å². The maximum atomic E-state index is 12.1. The number of rotatable bonds is 6. The van der Waals surface area contributed by atoms with E-state index in [1.165, 1.54) is 0 Å². The van der Waals surface area contributed by atoms with Gasteiger partial charge in [-0.05, 0) is 55.4 Å². The summed E-state index contributed by atoms with van der Waals surface area (Å²) in [5, 5.41) is 8.42. The predicted octanol–water partition coefficient (Wildman–Crippen LogP) is 4.87. The Labute approximate surface area is 146 Å². The van der Waals surface area contributed by atoms with Gasteiger partial charge in [-0.15, -0.1) is 10.2 Å². The Hall–Kier alpha value is -1.46. The summed E-state index contributed by atoms with van der Waals surface area (Å²) in [4.78, 5) is 24.3. The fourth-order valence-corrected chi connectivity index (χ4v) is 1.24. The van der Waals surface area contributed by atoms with Crippen molar-refractivity contribution in [2.24, 2.45) is 21.1 Å². The number of esters is 2. The third-order valence-corrected chi connectivity index (χ3v) is 3.63. The minimum Gasteiger partial charge on any atom is -0.435 e. The van der Waals surface area contributed by atoms with Gasteiger partial charge in [-0.2, -0.15) is 0 Å². The van der Waals surface area contributed by atoms with Crippen LogP contribution >= 0.6 is 0 Å². The zero-order valence-electron chi connectivity index (χ0n) is 16.9. The lowest BCUT2D eigenvalue weighted by Gasteiger charge is -2.30. The van der Waals surface area contributed by atoms with E-state index in [9.17, 15) is 9.59 Å². The van der Waals surface area contributed by atoms with Crippen LogP contribution < -0.4 is 0 Å². The van der Waals surface area contributed by atoms with E-state index in [1.54, 1.807) is 55.4 Å². The summed E-state index contributed by atoms with van der Waals surface area (Å²) in [5.74, 6) is -0.702. The van der Waals surface area contributed by atoms with Crippen LogP contribution in [0.3, 0.4) is 0 Å². The zero-order valence-corrected chi connectivity index (χ0v) is 16.9. The average molecular weight is 342 g/mol. The summed E-state index contributed by atoms with van der Waals surface area (Å²) in [6.45, 7) is 17.8. The molecule has 0 aromatic rings. The predicted molar refractivity (Wildman–Crippen MR) is 93.3 cm³/mol. The monoisotopic (exact) mass is 342 g/mol. The van der Waals surface area contributed by atoms with Gasteiger partial charge in [-0.25, -0.2) is 0 Å². The van der Waals surface area contributed by atoms with Crippen LogP contribution in [-0.4, -0.2) is 23.4 Å². The number of hydrogen-bond acceptors (Lipinski definition) is 6. The van der Waals surface area contributed by atoms with Gasteiger partial charge >= 0.3 is 11.9 Å². The molecule has 0 fully saturated rings. The van der Waals surface area contributed by atoms with Crippen molar-refractivity contribution >= 4 is 11.9 Å². The molecule has 6 heteroatoms. The Kier molecular flexibility index (Phi) is 7.15. The van der Waals surface area contributed by atoms with Crippen molar-refractivity contribution in [1.29, 1.82) is 0 Å². The SMILES string of the molecule is CCC(C)(N=NC(C)(CC)OC(=O)C(C)(C)C)OC(=O)C(C)(C)C. The van der Waals surface area contributed by atoms with E-state index in [0.717, 1.165) is 0 Å². The van der Waals surface area contributed by atoms with E-state index >= 15 is 0 Å². The molecule has 24 heavy (non-hydrogen) atoms. The largest absolute Gasteiger partial charge is 0.435 e. The Bertz CT molecular complexity index is 444. The molecule has 0 N–H and O–H groups in total. The normalized spacial score (nSPS) is 17.9. The standard InChI is InChI=1S/C18H34N2O4/c1-11-17(9,23-13(21)15(3,4)5)19-20-18(10,12-2)24-14(22)16(6,7)8/h11-12H2,1-10H3. The lowest BCUT2D eigenvalue weighted by atomic mass is 9.97. The van der Waals surface area contributed by atoms with E-state index in [2.05, 4.69) is 10.2 Å². The smallest absolute Gasteiger partial charge is 0.313 e. The van der Waals surface area contributed by atoms with Crippen LogP contribution in [0.2, 0.25) is 0 Å². The lowest BCUT2D eigenvalue weighted by Crippen LogP contribution is -2.37. The molecule has 0 radical (unpaired) electrons. The Balaban J connectivity index is 5.32. The highest BCUT2D eigenvalue weighted by Crippen LogP contribution is 2.29. The van der Waals surface area contributed by atoms with Crippen LogP contribution in [0.15, 0.2) is 10.2 Å². The molecule has 0 amide bonds. The molecule has 0 aliphatic rings. The van der Waals surface area contributed by atoms with Gasteiger partial charge in [0.05, 0.1) is 10.8 Å². The molecule has 2 atom stereocenters. The van der Waals surface area contributed by atoms with Crippen LogP contribution in [0, 0.1) is 10.8 Å². The summed E-state index contributed by atoms with van der Waals surface area (Å²) in [5.41, 5.74) is -3.43. The molecule has 2 unspecified atom stereocenters.